The summed E-state index contributed by atoms with van der Waals surface area (Å²) in [5.74, 6) is 0.0777. The van der Waals surface area contributed by atoms with E-state index in [2.05, 4.69) is 9.97 Å². The average molecular weight is 258 g/mol. The second kappa shape index (κ2) is 6.13. The molecule has 0 spiro atoms. The van der Waals surface area contributed by atoms with Crippen molar-refractivity contribution in [1.29, 1.82) is 0 Å². The molecule has 2 aromatic heterocycles. The van der Waals surface area contributed by atoms with Crippen LogP contribution in [0, 0.1) is 0 Å². The van der Waals surface area contributed by atoms with Crippen molar-refractivity contribution < 1.29 is 4.79 Å². The van der Waals surface area contributed by atoms with Crippen molar-refractivity contribution in [3.8, 4) is 0 Å². The predicted molar refractivity (Wildman–Crippen MR) is 72.5 cm³/mol. The van der Waals surface area contributed by atoms with Gasteiger partial charge in [-0.1, -0.05) is 6.07 Å². The lowest BCUT2D eigenvalue weighted by Gasteiger charge is -2.21. The lowest BCUT2D eigenvalue weighted by molar-refractivity contribution is -0.132. The first-order valence-corrected chi connectivity index (χ1v) is 6.31. The maximum Gasteiger partial charge on any atom is 0.245 e. The summed E-state index contributed by atoms with van der Waals surface area (Å²) in [5, 5.41) is 0. The summed E-state index contributed by atoms with van der Waals surface area (Å²) < 4.78 is 1.81. The molecule has 5 heteroatoms. The number of pyridine rings is 1. The van der Waals surface area contributed by atoms with Gasteiger partial charge in [0.05, 0.1) is 6.33 Å². The molecule has 0 saturated carbocycles. The summed E-state index contributed by atoms with van der Waals surface area (Å²) in [4.78, 5) is 22.2. The number of carbonyl (C=O) groups is 1. The second-order valence-corrected chi connectivity index (χ2v) is 4.52. The summed E-state index contributed by atoms with van der Waals surface area (Å²) in [6, 6.07) is 5.59. The first kappa shape index (κ1) is 13.3. The fourth-order valence-corrected chi connectivity index (χ4v) is 1.88. The Morgan fingerprint density at radius 2 is 2.26 bits per heavy atom. The molecule has 1 amide bonds. The maximum absolute atomic E-state index is 12.2. The summed E-state index contributed by atoms with van der Waals surface area (Å²) in [6.07, 6.45) is 7.67. The highest BCUT2D eigenvalue weighted by Gasteiger charge is 2.18. The monoisotopic (exact) mass is 258 g/mol. The molecule has 100 valence electrons. The largest absolute Gasteiger partial charge is 0.344 e. The van der Waals surface area contributed by atoms with Gasteiger partial charge in [-0.05, 0) is 19.1 Å². The molecular formula is C14H18N4O. The molecule has 2 rings (SSSR count). The molecule has 0 fully saturated rings. The van der Waals surface area contributed by atoms with Crippen LogP contribution in [0.25, 0.3) is 0 Å². The molecule has 0 aliphatic rings. The topological polar surface area (TPSA) is 51.0 Å². The van der Waals surface area contributed by atoms with E-state index in [9.17, 15) is 4.79 Å². The number of nitrogens with zero attached hydrogens (tertiary/aromatic N) is 4. The zero-order chi connectivity index (χ0) is 13.7. The standard InChI is InChI=1S/C14H18N4O/c1-12(18-10-8-15-11-18)14(19)17(2)9-6-13-5-3-4-7-16-13/h3-5,7-8,10-12H,6,9H2,1-2H3. The summed E-state index contributed by atoms with van der Waals surface area (Å²) in [6.45, 7) is 2.54. The van der Waals surface area contributed by atoms with Crippen LogP contribution < -0.4 is 0 Å². The Kier molecular flexibility index (Phi) is 4.28. The van der Waals surface area contributed by atoms with Crippen LogP contribution >= 0.6 is 0 Å². The van der Waals surface area contributed by atoms with E-state index in [1.165, 1.54) is 0 Å². The lowest BCUT2D eigenvalue weighted by Crippen LogP contribution is -2.34. The van der Waals surface area contributed by atoms with E-state index >= 15 is 0 Å². The van der Waals surface area contributed by atoms with Gasteiger partial charge in [0.25, 0.3) is 0 Å². The Morgan fingerprint density at radius 1 is 1.42 bits per heavy atom. The van der Waals surface area contributed by atoms with Crippen molar-refractivity contribution in [3.05, 3.63) is 48.8 Å². The summed E-state index contributed by atoms with van der Waals surface area (Å²) in [5.41, 5.74) is 0.998. The van der Waals surface area contributed by atoms with Gasteiger partial charge in [-0.3, -0.25) is 9.78 Å². The fourth-order valence-electron chi connectivity index (χ4n) is 1.88. The number of hydrogen-bond donors (Lipinski definition) is 0. The molecule has 1 atom stereocenters. The molecule has 2 heterocycles. The van der Waals surface area contributed by atoms with Crippen molar-refractivity contribution in [1.82, 2.24) is 19.4 Å². The van der Waals surface area contributed by atoms with Crippen LogP contribution in [0.2, 0.25) is 0 Å². The molecule has 0 saturated heterocycles. The van der Waals surface area contributed by atoms with Crippen LogP contribution in [0.5, 0.6) is 0 Å². The van der Waals surface area contributed by atoms with Crippen molar-refractivity contribution in [2.45, 2.75) is 19.4 Å². The van der Waals surface area contributed by atoms with Gasteiger partial charge in [0.15, 0.2) is 0 Å². The molecule has 0 aliphatic heterocycles. The number of likely N-dealkylation sites (N-methyl/N-ethyl adjacent to an activating group) is 1. The number of hydrogen-bond acceptors (Lipinski definition) is 3. The maximum atomic E-state index is 12.2. The highest BCUT2D eigenvalue weighted by Crippen LogP contribution is 2.08. The quantitative estimate of drug-likeness (QED) is 0.817. The van der Waals surface area contributed by atoms with Crippen molar-refractivity contribution in [3.63, 3.8) is 0 Å². The third kappa shape index (κ3) is 3.40. The van der Waals surface area contributed by atoms with Crippen molar-refractivity contribution in [2.75, 3.05) is 13.6 Å². The third-order valence-corrected chi connectivity index (χ3v) is 3.14. The minimum Gasteiger partial charge on any atom is -0.344 e. The zero-order valence-electron chi connectivity index (χ0n) is 11.2. The van der Waals surface area contributed by atoms with E-state index in [1.54, 1.807) is 34.4 Å². The first-order valence-electron chi connectivity index (χ1n) is 6.31. The summed E-state index contributed by atoms with van der Waals surface area (Å²) >= 11 is 0. The van der Waals surface area contributed by atoms with Gasteiger partial charge in [-0.15, -0.1) is 0 Å². The van der Waals surface area contributed by atoms with Crippen LogP contribution in [0.1, 0.15) is 18.7 Å². The molecule has 2 aromatic rings. The van der Waals surface area contributed by atoms with Crippen LogP contribution in [0.4, 0.5) is 0 Å². The Hall–Kier alpha value is -2.17. The molecule has 0 radical (unpaired) electrons. The summed E-state index contributed by atoms with van der Waals surface area (Å²) in [7, 11) is 1.82. The first-order chi connectivity index (χ1) is 9.18. The number of carbonyl (C=O) groups excluding carboxylic acids is 1. The Labute approximate surface area is 112 Å². The van der Waals surface area contributed by atoms with E-state index in [0.717, 1.165) is 12.1 Å². The highest BCUT2D eigenvalue weighted by atomic mass is 16.2. The van der Waals surface area contributed by atoms with E-state index in [1.807, 2.05) is 32.2 Å². The van der Waals surface area contributed by atoms with E-state index in [4.69, 9.17) is 0 Å². The van der Waals surface area contributed by atoms with Gasteiger partial charge in [0, 0.05) is 44.3 Å². The molecule has 5 nitrogen and oxygen atoms in total. The minimum absolute atomic E-state index is 0.0777. The fraction of sp³-hybridized carbons (Fsp3) is 0.357. The van der Waals surface area contributed by atoms with Crippen LogP contribution in [-0.2, 0) is 11.2 Å². The van der Waals surface area contributed by atoms with Gasteiger partial charge < -0.3 is 9.47 Å². The van der Waals surface area contributed by atoms with Gasteiger partial charge in [-0.25, -0.2) is 4.98 Å². The van der Waals surface area contributed by atoms with E-state index < -0.39 is 0 Å². The van der Waals surface area contributed by atoms with Crippen molar-refractivity contribution >= 4 is 5.91 Å². The molecule has 0 aromatic carbocycles. The van der Waals surface area contributed by atoms with Crippen molar-refractivity contribution in [2.24, 2.45) is 0 Å². The number of imidazole rings is 1. The SMILES string of the molecule is CC(C(=O)N(C)CCc1ccccn1)n1ccnc1. The second-order valence-electron chi connectivity index (χ2n) is 4.52. The Morgan fingerprint density at radius 3 is 2.89 bits per heavy atom. The normalized spacial score (nSPS) is 12.1. The molecular weight excluding hydrogens is 240 g/mol. The van der Waals surface area contributed by atoms with Crippen LogP contribution in [-0.4, -0.2) is 38.9 Å². The minimum atomic E-state index is -0.226. The molecule has 0 N–H and O–H groups in total. The Balaban J connectivity index is 1.89. The predicted octanol–water partition coefficient (Wildman–Crippen LogP) is 1.54. The smallest absolute Gasteiger partial charge is 0.245 e. The lowest BCUT2D eigenvalue weighted by atomic mass is 10.2. The number of aromatic nitrogens is 3. The van der Waals surface area contributed by atoms with Crippen LogP contribution in [0.3, 0.4) is 0 Å². The molecule has 1 unspecified atom stereocenters. The van der Waals surface area contributed by atoms with Gasteiger partial charge in [-0.2, -0.15) is 0 Å². The number of amides is 1. The molecule has 19 heavy (non-hydrogen) atoms. The Bertz CT molecular complexity index is 510. The number of rotatable bonds is 5. The zero-order valence-corrected chi connectivity index (χ0v) is 11.2. The van der Waals surface area contributed by atoms with Gasteiger partial charge in [0.2, 0.25) is 5.91 Å². The molecule has 0 bridgehead atoms. The van der Waals surface area contributed by atoms with E-state index in [0.29, 0.717) is 6.54 Å². The highest BCUT2D eigenvalue weighted by molar-refractivity contribution is 5.79. The molecule has 0 aliphatic carbocycles. The van der Waals surface area contributed by atoms with Crippen LogP contribution in [0.15, 0.2) is 43.1 Å². The third-order valence-electron chi connectivity index (χ3n) is 3.14. The van der Waals surface area contributed by atoms with Gasteiger partial charge >= 0.3 is 0 Å². The average Bonchev–Trinajstić information content (AvgIpc) is 2.98. The van der Waals surface area contributed by atoms with Gasteiger partial charge in [0.1, 0.15) is 6.04 Å². The van der Waals surface area contributed by atoms with E-state index in [-0.39, 0.29) is 11.9 Å².